The Morgan fingerprint density at radius 2 is 2.00 bits per heavy atom. The van der Waals surface area contributed by atoms with E-state index >= 15 is 0 Å². The Bertz CT molecular complexity index is 242. The predicted molar refractivity (Wildman–Crippen MR) is 48.9 cm³/mol. The van der Waals surface area contributed by atoms with E-state index in [1.807, 2.05) is 0 Å². The molecule has 2 nitrogen and oxygen atoms in total. The lowest BCUT2D eigenvalue weighted by atomic mass is 10.4. The molecule has 0 aliphatic carbocycles. The average molecular weight is 211 g/mol. The van der Waals surface area contributed by atoms with Crippen LogP contribution in [0.3, 0.4) is 0 Å². The Morgan fingerprint density at radius 3 is 2.73 bits per heavy atom. The van der Waals surface area contributed by atoms with E-state index in [9.17, 15) is 0 Å². The number of hydrogen-bond donors (Lipinski definition) is 1. The summed E-state index contributed by atoms with van der Waals surface area (Å²) in [7, 11) is 0. The van der Waals surface area contributed by atoms with E-state index in [-0.39, 0.29) is 5.29 Å². The van der Waals surface area contributed by atoms with E-state index in [0.717, 1.165) is 0 Å². The highest BCUT2D eigenvalue weighted by atomic mass is 35.5. The molecule has 1 N–H and O–H groups in total. The Hall–Kier alpha value is -0.180. The van der Waals surface area contributed by atoms with Gasteiger partial charge in [0.1, 0.15) is 10.3 Å². The Balaban J connectivity index is 2.84. The smallest absolute Gasteiger partial charge is 0.202 e. The first-order valence-corrected chi connectivity index (χ1v) is 4.04. The molecular formula is C6H5Cl3N2. The standard InChI is InChI=1S/C6H5Cl3N2/c7-4-2-1-3-5(8)11-6(9)10-4/h2-3H,1H2,(H,10,11)/b4-2-,5-3?. The molecular weight excluding hydrogens is 206 g/mol. The Morgan fingerprint density at radius 1 is 1.27 bits per heavy atom. The molecule has 0 unspecified atom stereocenters. The predicted octanol–water partition coefficient (Wildman–Crippen LogP) is 2.73. The summed E-state index contributed by atoms with van der Waals surface area (Å²) in [4.78, 5) is 3.76. The van der Waals surface area contributed by atoms with Crippen molar-refractivity contribution in [1.82, 2.24) is 5.32 Å². The fraction of sp³-hybridized carbons (Fsp3) is 0.167. The van der Waals surface area contributed by atoms with Gasteiger partial charge in [-0.25, -0.2) is 4.99 Å². The van der Waals surface area contributed by atoms with Crippen LogP contribution >= 0.6 is 34.8 Å². The van der Waals surface area contributed by atoms with Gasteiger partial charge in [0.2, 0.25) is 5.29 Å². The molecule has 0 fully saturated rings. The zero-order valence-corrected chi connectivity index (χ0v) is 7.71. The Labute approximate surface area is 79.5 Å². The molecule has 0 saturated carbocycles. The van der Waals surface area contributed by atoms with Crippen molar-refractivity contribution in [3.8, 4) is 0 Å². The van der Waals surface area contributed by atoms with E-state index < -0.39 is 0 Å². The maximum atomic E-state index is 5.65. The summed E-state index contributed by atoms with van der Waals surface area (Å²) in [5, 5.41) is 3.62. The lowest BCUT2D eigenvalue weighted by Gasteiger charge is -2.03. The second-order valence-electron chi connectivity index (χ2n) is 1.84. The quantitative estimate of drug-likeness (QED) is 0.612. The van der Waals surface area contributed by atoms with Gasteiger partial charge in [0.15, 0.2) is 0 Å². The molecule has 1 aliphatic heterocycles. The number of hydrogen-bond acceptors (Lipinski definition) is 2. The average Bonchev–Trinajstić information content (AvgIpc) is 1.83. The molecule has 60 valence electrons. The van der Waals surface area contributed by atoms with E-state index in [4.69, 9.17) is 34.8 Å². The summed E-state index contributed by atoms with van der Waals surface area (Å²) in [6.45, 7) is 0. The molecule has 0 radical (unpaired) electrons. The molecule has 0 atom stereocenters. The van der Waals surface area contributed by atoms with Crippen molar-refractivity contribution in [2.24, 2.45) is 4.99 Å². The van der Waals surface area contributed by atoms with Gasteiger partial charge < -0.3 is 5.32 Å². The number of amidine groups is 1. The number of aliphatic imine (C=N–C) groups is 1. The summed E-state index contributed by atoms with van der Waals surface area (Å²) in [5.41, 5.74) is 0. The number of rotatable bonds is 0. The topological polar surface area (TPSA) is 24.4 Å². The van der Waals surface area contributed by atoms with E-state index in [1.54, 1.807) is 12.2 Å². The second-order valence-corrected chi connectivity index (χ2v) is 2.99. The van der Waals surface area contributed by atoms with Gasteiger partial charge in [-0.3, -0.25) is 0 Å². The Kier molecular flexibility index (Phi) is 3.24. The van der Waals surface area contributed by atoms with Crippen LogP contribution in [0.25, 0.3) is 0 Å². The van der Waals surface area contributed by atoms with Crippen LogP contribution in [0.4, 0.5) is 0 Å². The number of allylic oxidation sites excluding steroid dienone is 2. The molecule has 0 bridgehead atoms. The normalized spacial score (nSPS) is 23.4. The van der Waals surface area contributed by atoms with Crippen LogP contribution < -0.4 is 5.32 Å². The molecule has 1 rings (SSSR count). The summed E-state index contributed by atoms with van der Waals surface area (Å²) >= 11 is 16.8. The summed E-state index contributed by atoms with van der Waals surface area (Å²) in [6, 6.07) is 0. The van der Waals surface area contributed by atoms with Gasteiger partial charge in [-0.05, 0) is 30.2 Å². The first kappa shape index (κ1) is 8.91. The fourth-order valence-electron chi connectivity index (χ4n) is 0.577. The van der Waals surface area contributed by atoms with E-state index in [1.165, 1.54) is 0 Å². The zero-order chi connectivity index (χ0) is 8.27. The van der Waals surface area contributed by atoms with Gasteiger partial charge in [0, 0.05) is 0 Å². The highest BCUT2D eigenvalue weighted by molar-refractivity contribution is 6.65. The third kappa shape index (κ3) is 3.14. The van der Waals surface area contributed by atoms with Gasteiger partial charge in [-0.1, -0.05) is 23.2 Å². The van der Waals surface area contributed by atoms with Gasteiger partial charge in [-0.15, -0.1) is 0 Å². The molecule has 0 amide bonds. The third-order valence-corrected chi connectivity index (χ3v) is 1.68. The first-order chi connectivity index (χ1) is 5.18. The molecule has 1 heterocycles. The van der Waals surface area contributed by atoms with Crippen molar-refractivity contribution in [3.63, 3.8) is 0 Å². The number of nitrogens with zero attached hydrogens (tertiary/aromatic N) is 1. The summed E-state index contributed by atoms with van der Waals surface area (Å²) < 4.78 is 0. The van der Waals surface area contributed by atoms with E-state index in [2.05, 4.69) is 10.3 Å². The van der Waals surface area contributed by atoms with Crippen molar-refractivity contribution in [2.45, 2.75) is 6.42 Å². The molecule has 0 saturated heterocycles. The second kappa shape index (κ2) is 4.00. The van der Waals surface area contributed by atoms with Crippen molar-refractivity contribution in [3.05, 3.63) is 22.5 Å². The molecule has 11 heavy (non-hydrogen) atoms. The SMILES string of the molecule is ClC1=CC/C=C(/Cl)NC(Cl)=N1. The molecule has 5 heteroatoms. The maximum Gasteiger partial charge on any atom is 0.202 e. The zero-order valence-electron chi connectivity index (χ0n) is 5.44. The third-order valence-electron chi connectivity index (χ3n) is 1.01. The molecule has 0 aromatic carbocycles. The van der Waals surface area contributed by atoms with E-state index in [0.29, 0.717) is 16.7 Å². The lowest BCUT2D eigenvalue weighted by Crippen LogP contribution is -2.14. The fourth-order valence-corrected chi connectivity index (χ4v) is 1.21. The molecule has 0 spiro atoms. The minimum absolute atomic E-state index is 0.173. The lowest BCUT2D eigenvalue weighted by molar-refractivity contribution is 1.18. The van der Waals surface area contributed by atoms with Gasteiger partial charge in [-0.2, -0.15) is 0 Å². The molecule has 1 aliphatic rings. The largest absolute Gasteiger partial charge is 0.321 e. The van der Waals surface area contributed by atoms with Crippen LogP contribution in [0.5, 0.6) is 0 Å². The number of nitrogens with one attached hydrogen (secondary N) is 1. The minimum Gasteiger partial charge on any atom is -0.321 e. The van der Waals surface area contributed by atoms with Crippen molar-refractivity contribution >= 4 is 40.1 Å². The van der Waals surface area contributed by atoms with Gasteiger partial charge >= 0.3 is 0 Å². The van der Waals surface area contributed by atoms with Crippen LogP contribution in [0.2, 0.25) is 0 Å². The highest BCUT2D eigenvalue weighted by Gasteiger charge is 1.99. The summed E-state index contributed by atoms with van der Waals surface area (Å²) in [5.74, 6) is 0. The van der Waals surface area contributed by atoms with Gasteiger partial charge in [0.05, 0.1) is 0 Å². The monoisotopic (exact) mass is 210 g/mol. The summed E-state index contributed by atoms with van der Waals surface area (Å²) in [6.07, 6.45) is 4.12. The van der Waals surface area contributed by atoms with Crippen LogP contribution in [0, 0.1) is 0 Å². The number of halogens is 3. The van der Waals surface area contributed by atoms with Crippen LogP contribution in [-0.2, 0) is 0 Å². The highest BCUT2D eigenvalue weighted by Crippen LogP contribution is 2.11. The van der Waals surface area contributed by atoms with Crippen molar-refractivity contribution in [2.75, 3.05) is 0 Å². The maximum absolute atomic E-state index is 5.65. The van der Waals surface area contributed by atoms with Crippen LogP contribution in [-0.4, -0.2) is 5.29 Å². The van der Waals surface area contributed by atoms with Gasteiger partial charge in [0.25, 0.3) is 0 Å². The van der Waals surface area contributed by atoms with Crippen LogP contribution in [0.1, 0.15) is 6.42 Å². The van der Waals surface area contributed by atoms with Crippen LogP contribution in [0.15, 0.2) is 27.5 Å². The first-order valence-electron chi connectivity index (χ1n) is 2.91. The molecule has 0 aromatic rings. The molecule has 0 aromatic heterocycles. The minimum atomic E-state index is 0.173. The van der Waals surface area contributed by atoms with Crippen molar-refractivity contribution in [1.29, 1.82) is 0 Å². The van der Waals surface area contributed by atoms with Crippen molar-refractivity contribution < 1.29 is 0 Å².